The Hall–Kier alpha value is -2.69. The second kappa shape index (κ2) is 5.75. The maximum atomic E-state index is 13.5. The molecule has 0 aliphatic carbocycles. The van der Waals surface area contributed by atoms with Gasteiger partial charge in [0.25, 0.3) is 0 Å². The number of rotatable bonds is 4. The van der Waals surface area contributed by atoms with Crippen LogP contribution in [0.15, 0.2) is 53.3 Å². The highest BCUT2D eigenvalue weighted by Crippen LogP contribution is 2.19. The highest BCUT2D eigenvalue weighted by atomic mass is 19.1. The molecule has 0 aliphatic heterocycles. The molecule has 0 bridgehead atoms. The first-order valence-electron chi connectivity index (χ1n) is 6.58. The molecule has 0 saturated heterocycles. The summed E-state index contributed by atoms with van der Waals surface area (Å²) >= 11 is 0. The largest absolute Gasteiger partial charge is 0.423 e. The standard InChI is InChI=1S/C16H14FN3O/c1-11-2-3-12(8-15(11)17)9-18-14-6-4-13(5-7-14)16-20-19-10-21-16/h2-8,10,18H,9H2,1H3. The van der Waals surface area contributed by atoms with Crippen LogP contribution in [0.5, 0.6) is 0 Å². The number of benzene rings is 2. The average molecular weight is 283 g/mol. The normalized spacial score (nSPS) is 10.6. The van der Waals surface area contributed by atoms with Gasteiger partial charge >= 0.3 is 0 Å². The third-order valence-corrected chi connectivity index (χ3v) is 3.22. The molecule has 0 atom stereocenters. The van der Waals surface area contributed by atoms with Crippen molar-refractivity contribution in [2.24, 2.45) is 0 Å². The zero-order chi connectivity index (χ0) is 14.7. The minimum atomic E-state index is -0.180. The van der Waals surface area contributed by atoms with Gasteiger partial charge in [-0.15, -0.1) is 10.2 Å². The van der Waals surface area contributed by atoms with Gasteiger partial charge < -0.3 is 9.73 Å². The number of nitrogens with zero attached hydrogens (tertiary/aromatic N) is 2. The van der Waals surface area contributed by atoms with E-state index in [1.807, 2.05) is 30.3 Å². The third-order valence-electron chi connectivity index (χ3n) is 3.22. The van der Waals surface area contributed by atoms with Crippen LogP contribution in [-0.4, -0.2) is 10.2 Å². The van der Waals surface area contributed by atoms with Crippen LogP contribution in [0.3, 0.4) is 0 Å². The molecule has 0 fully saturated rings. The maximum Gasteiger partial charge on any atom is 0.247 e. The van der Waals surface area contributed by atoms with Crippen LogP contribution in [0, 0.1) is 12.7 Å². The second-order valence-electron chi connectivity index (χ2n) is 4.76. The summed E-state index contributed by atoms with van der Waals surface area (Å²) < 4.78 is 18.6. The molecule has 0 aliphatic rings. The highest BCUT2D eigenvalue weighted by Gasteiger charge is 2.03. The Balaban J connectivity index is 1.66. The van der Waals surface area contributed by atoms with Gasteiger partial charge in [-0.05, 0) is 48.4 Å². The van der Waals surface area contributed by atoms with Crippen molar-refractivity contribution >= 4 is 5.69 Å². The van der Waals surface area contributed by atoms with Crippen LogP contribution in [0.1, 0.15) is 11.1 Å². The van der Waals surface area contributed by atoms with Crippen LogP contribution in [0.2, 0.25) is 0 Å². The smallest absolute Gasteiger partial charge is 0.247 e. The summed E-state index contributed by atoms with van der Waals surface area (Å²) in [7, 11) is 0. The van der Waals surface area contributed by atoms with Crippen molar-refractivity contribution in [3.8, 4) is 11.5 Å². The fraction of sp³-hybridized carbons (Fsp3) is 0.125. The van der Waals surface area contributed by atoms with Crippen molar-refractivity contribution in [3.05, 3.63) is 65.8 Å². The summed E-state index contributed by atoms with van der Waals surface area (Å²) in [6.45, 7) is 2.32. The molecule has 21 heavy (non-hydrogen) atoms. The molecule has 5 heteroatoms. The SMILES string of the molecule is Cc1ccc(CNc2ccc(-c3nnco3)cc2)cc1F. The molecule has 1 N–H and O–H groups in total. The lowest BCUT2D eigenvalue weighted by Gasteiger charge is -2.08. The number of nitrogens with one attached hydrogen (secondary N) is 1. The van der Waals surface area contributed by atoms with Crippen LogP contribution in [0.4, 0.5) is 10.1 Å². The topological polar surface area (TPSA) is 51.0 Å². The molecule has 0 unspecified atom stereocenters. The highest BCUT2D eigenvalue weighted by molar-refractivity contribution is 5.58. The Morgan fingerprint density at radius 3 is 2.62 bits per heavy atom. The Morgan fingerprint density at radius 2 is 1.95 bits per heavy atom. The maximum absolute atomic E-state index is 13.5. The summed E-state index contributed by atoms with van der Waals surface area (Å²) in [5.41, 5.74) is 3.36. The number of aryl methyl sites for hydroxylation is 1. The molecule has 0 spiro atoms. The predicted molar refractivity (Wildman–Crippen MR) is 78.2 cm³/mol. The fourth-order valence-corrected chi connectivity index (χ4v) is 1.98. The lowest BCUT2D eigenvalue weighted by Crippen LogP contribution is -2.00. The Labute approximate surface area is 121 Å². The first kappa shape index (κ1) is 13.3. The van der Waals surface area contributed by atoms with Crippen LogP contribution < -0.4 is 5.32 Å². The van der Waals surface area contributed by atoms with Gasteiger partial charge in [0.05, 0.1) is 0 Å². The second-order valence-corrected chi connectivity index (χ2v) is 4.76. The van der Waals surface area contributed by atoms with Crippen molar-refractivity contribution in [1.82, 2.24) is 10.2 Å². The molecule has 1 heterocycles. The number of aromatic nitrogens is 2. The van der Waals surface area contributed by atoms with E-state index in [9.17, 15) is 4.39 Å². The molecule has 0 amide bonds. The van der Waals surface area contributed by atoms with E-state index in [1.165, 1.54) is 6.39 Å². The van der Waals surface area contributed by atoms with Gasteiger partial charge in [0.1, 0.15) is 5.82 Å². The lowest BCUT2D eigenvalue weighted by molar-refractivity contribution is 0.568. The summed E-state index contributed by atoms with van der Waals surface area (Å²) in [6.07, 6.45) is 1.30. The molecule has 1 aromatic heterocycles. The fourth-order valence-electron chi connectivity index (χ4n) is 1.98. The van der Waals surface area contributed by atoms with E-state index in [-0.39, 0.29) is 5.82 Å². The van der Waals surface area contributed by atoms with Crippen molar-refractivity contribution in [1.29, 1.82) is 0 Å². The molecule has 3 rings (SSSR count). The van der Waals surface area contributed by atoms with Gasteiger partial charge in [-0.2, -0.15) is 0 Å². The third kappa shape index (κ3) is 3.08. The van der Waals surface area contributed by atoms with E-state index in [0.29, 0.717) is 18.0 Å². The van der Waals surface area contributed by atoms with E-state index in [2.05, 4.69) is 15.5 Å². The van der Waals surface area contributed by atoms with Gasteiger partial charge in [0.2, 0.25) is 12.3 Å². The van der Waals surface area contributed by atoms with E-state index < -0.39 is 0 Å². The Kier molecular flexibility index (Phi) is 3.64. The zero-order valence-corrected chi connectivity index (χ0v) is 11.5. The van der Waals surface area contributed by atoms with Crippen LogP contribution >= 0.6 is 0 Å². The summed E-state index contributed by atoms with van der Waals surface area (Å²) in [5.74, 6) is 0.309. The van der Waals surface area contributed by atoms with Crippen molar-refractivity contribution in [2.75, 3.05) is 5.32 Å². The first-order chi connectivity index (χ1) is 10.2. The Bertz CT molecular complexity index is 724. The minimum absolute atomic E-state index is 0.180. The number of hydrogen-bond acceptors (Lipinski definition) is 4. The quantitative estimate of drug-likeness (QED) is 0.791. The van der Waals surface area contributed by atoms with E-state index in [4.69, 9.17) is 4.42 Å². The monoisotopic (exact) mass is 283 g/mol. The van der Waals surface area contributed by atoms with Crippen LogP contribution in [0.25, 0.3) is 11.5 Å². The molecule has 2 aromatic carbocycles. The minimum Gasteiger partial charge on any atom is -0.423 e. The van der Waals surface area contributed by atoms with Crippen molar-refractivity contribution < 1.29 is 8.81 Å². The molecule has 0 radical (unpaired) electrons. The van der Waals surface area contributed by atoms with Gasteiger partial charge in [0, 0.05) is 17.8 Å². The van der Waals surface area contributed by atoms with E-state index >= 15 is 0 Å². The molecule has 4 nitrogen and oxygen atoms in total. The molecule has 3 aromatic rings. The van der Waals surface area contributed by atoms with Gasteiger partial charge in [0.15, 0.2) is 0 Å². The van der Waals surface area contributed by atoms with Crippen molar-refractivity contribution in [2.45, 2.75) is 13.5 Å². The summed E-state index contributed by atoms with van der Waals surface area (Å²) in [5, 5.41) is 10.7. The van der Waals surface area contributed by atoms with Gasteiger partial charge in [-0.25, -0.2) is 4.39 Å². The number of anilines is 1. The molecular formula is C16H14FN3O. The lowest BCUT2D eigenvalue weighted by atomic mass is 10.1. The number of hydrogen-bond donors (Lipinski definition) is 1. The van der Waals surface area contributed by atoms with Crippen LogP contribution in [-0.2, 0) is 6.54 Å². The summed E-state index contributed by atoms with van der Waals surface area (Å²) in [6, 6.07) is 12.9. The predicted octanol–water partition coefficient (Wildman–Crippen LogP) is 3.80. The summed E-state index contributed by atoms with van der Waals surface area (Å²) in [4.78, 5) is 0. The molecule has 0 saturated carbocycles. The van der Waals surface area contributed by atoms with Crippen molar-refractivity contribution in [3.63, 3.8) is 0 Å². The first-order valence-corrected chi connectivity index (χ1v) is 6.58. The molecule has 106 valence electrons. The number of halogens is 1. The van der Waals surface area contributed by atoms with Gasteiger partial charge in [-0.1, -0.05) is 12.1 Å². The van der Waals surface area contributed by atoms with E-state index in [0.717, 1.165) is 16.8 Å². The molecular weight excluding hydrogens is 269 g/mol. The van der Waals surface area contributed by atoms with E-state index in [1.54, 1.807) is 19.1 Å². The zero-order valence-electron chi connectivity index (χ0n) is 11.5. The average Bonchev–Trinajstić information content (AvgIpc) is 3.03. The van der Waals surface area contributed by atoms with Gasteiger partial charge in [-0.3, -0.25) is 0 Å². The Morgan fingerprint density at radius 1 is 1.14 bits per heavy atom.